The maximum atomic E-state index is 11.0. The summed E-state index contributed by atoms with van der Waals surface area (Å²) in [6.45, 7) is 7.38. The molecule has 4 heteroatoms. The van der Waals surface area contributed by atoms with Crippen molar-refractivity contribution in [1.29, 1.82) is 0 Å². The first kappa shape index (κ1) is 14.1. The molecule has 0 saturated carbocycles. The Morgan fingerprint density at radius 2 is 1.93 bits per heavy atom. The third-order valence-electron chi connectivity index (χ3n) is 1.82. The second kappa shape index (κ2) is 8.41. The normalized spacial score (nSPS) is 10.4. The van der Waals surface area contributed by atoms with Crippen LogP contribution in [0.5, 0.6) is 0 Å². The van der Waals surface area contributed by atoms with Crippen molar-refractivity contribution in [1.82, 2.24) is 5.32 Å². The molecule has 4 nitrogen and oxygen atoms in total. The molecule has 0 spiro atoms. The molecule has 1 amide bonds. The van der Waals surface area contributed by atoms with Gasteiger partial charge < -0.3 is 10.1 Å². The Kier molecular flexibility index (Phi) is 7.91. The monoisotopic (exact) mass is 215 g/mol. The summed E-state index contributed by atoms with van der Waals surface area (Å²) in [5.41, 5.74) is 0. The van der Waals surface area contributed by atoms with Gasteiger partial charge in [-0.3, -0.25) is 9.59 Å². The molecule has 15 heavy (non-hydrogen) atoms. The highest BCUT2D eigenvalue weighted by molar-refractivity contribution is 5.96. The lowest BCUT2D eigenvalue weighted by atomic mass is 10.1. The first-order valence-electron chi connectivity index (χ1n) is 5.36. The zero-order valence-electron chi connectivity index (χ0n) is 9.84. The second-order valence-electron chi connectivity index (χ2n) is 4.02. The van der Waals surface area contributed by atoms with Gasteiger partial charge in [0.05, 0.1) is 13.0 Å². The highest BCUT2D eigenvalue weighted by Crippen LogP contribution is 1.98. The standard InChI is InChI=1S/C11H21NO3/c1-9(2)4-6-15-7-5-12-11(14)8-10(3)13/h9H,4-8H2,1-3H3,(H,12,14). The Bertz CT molecular complexity index is 202. The average molecular weight is 215 g/mol. The van der Waals surface area contributed by atoms with Gasteiger partial charge >= 0.3 is 0 Å². The van der Waals surface area contributed by atoms with Crippen molar-refractivity contribution in [3.63, 3.8) is 0 Å². The largest absolute Gasteiger partial charge is 0.380 e. The number of Topliss-reactive ketones (excluding diaryl/α,β-unsaturated/α-hetero) is 1. The van der Waals surface area contributed by atoms with Gasteiger partial charge in [-0.15, -0.1) is 0 Å². The first-order valence-corrected chi connectivity index (χ1v) is 5.36. The molecule has 1 N–H and O–H groups in total. The van der Waals surface area contributed by atoms with Gasteiger partial charge in [-0.1, -0.05) is 13.8 Å². The molecule has 88 valence electrons. The van der Waals surface area contributed by atoms with Crippen LogP contribution in [0.15, 0.2) is 0 Å². The van der Waals surface area contributed by atoms with Crippen LogP contribution in [0.25, 0.3) is 0 Å². The van der Waals surface area contributed by atoms with Crippen molar-refractivity contribution < 1.29 is 14.3 Å². The predicted octanol–water partition coefficient (Wildman–Crippen LogP) is 1.14. The van der Waals surface area contributed by atoms with Crippen LogP contribution < -0.4 is 5.32 Å². The zero-order chi connectivity index (χ0) is 11.7. The summed E-state index contributed by atoms with van der Waals surface area (Å²) >= 11 is 0. The Hall–Kier alpha value is -0.900. The van der Waals surface area contributed by atoms with E-state index in [9.17, 15) is 9.59 Å². The van der Waals surface area contributed by atoms with E-state index in [2.05, 4.69) is 19.2 Å². The molecule has 0 aromatic heterocycles. The van der Waals surface area contributed by atoms with Gasteiger partial charge in [-0.05, 0) is 19.3 Å². The summed E-state index contributed by atoms with van der Waals surface area (Å²) < 4.78 is 5.30. The minimum Gasteiger partial charge on any atom is -0.380 e. The van der Waals surface area contributed by atoms with Crippen LogP contribution in [0, 0.1) is 5.92 Å². The van der Waals surface area contributed by atoms with Crippen LogP contribution in [0.1, 0.15) is 33.6 Å². The predicted molar refractivity (Wildman–Crippen MR) is 58.6 cm³/mol. The Morgan fingerprint density at radius 1 is 1.27 bits per heavy atom. The van der Waals surface area contributed by atoms with Gasteiger partial charge in [0, 0.05) is 13.2 Å². The van der Waals surface area contributed by atoms with Gasteiger partial charge in [0.25, 0.3) is 0 Å². The number of rotatable bonds is 8. The molecular formula is C11H21NO3. The summed E-state index contributed by atoms with van der Waals surface area (Å²) in [7, 11) is 0. The van der Waals surface area contributed by atoms with Crippen LogP contribution >= 0.6 is 0 Å². The van der Waals surface area contributed by atoms with Crippen LogP contribution in [-0.2, 0) is 14.3 Å². The molecule has 0 radical (unpaired) electrons. The van der Waals surface area contributed by atoms with Crippen LogP contribution in [0.2, 0.25) is 0 Å². The minimum absolute atomic E-state index is 0.0357. The van der Waals surface area contributed by atoms with E-state index >= 15 is 0 Å². The Balaban J connectivity index is 3.24. The smallest absolute Gasteiger partial charge is 0.227 e. The highest BCUT2D eigenvalue weighted by atomic mass is 16.5. The molecule has 0 aliphatic heterocycles. The molecule has 0 aromatic carbocycles. The fourth-order valence-electron chi connectivity index (χ4n) is 0.972. The molecular weight excluding hydrogens is 194 g/mol. The topological polar surface area (TPSA) is 55.4 Å². The molecule has 0 rings (SSSR count). The van der Waals surface area contributed by atoms with Gasteiger partial charge in [0.1, 0.15) is 5.78 Å². The molecule has 0 heterocycles. The third kappa shape index (κ3) is 11.0. The molecule has 0 aromatic rings. The lowest BCUT2D eigenvalue weighted by Gasteiger charge is -2.07. The maximum absolute atomic E-state index is 11.0. The van der Waals surface area contributed by atoms with E-state index in [0.29, 0.717) is 19.1 Å². The maximum Gasteiger partial charge on any atom is 0.227 e. The fourth-order valence-corrected chi connectivity index (χ4v) is 0.972. The minimum atomic E-state index is -0.227. The van der Waals surface area contributed by atoms with Crippen LogP contribution in [-0.4, -0.2) is 31.4 Å². The van der Waals surface area contributed by atoms with E-state index < -0.39 is 0 Å². The van der Waals surface area contributed by atoms with E-state index in [1.165, 1.54) is 6.92 Å². The number of hydrogen-bond acceptors (Lipinski definition) is 3. The first-order chi connectivity index (χ1) is 7.02. The summed E-state index contributed by atoms with van der Waals surface area (Å²) in [4.78, 5) is 21.6. The Morgan fingerprint density at radius 3 is 2.47 bits per heavy atom. The summed E-state index contributed by atoms with van der Waals surface area (Å²) in [5, 5.41) is 2.62. The van der Waals surface area contributed by atoms with Gasteiger partial charge in [-0.25, -0.2) is 0 Å². The molecule has 0 atom stereocenters. The highest BCUT2D eigenvalue weighted by Gasteiger charge is 2.03. The third-order valence-corrected chi connectivity index (χ3v) is 1.82. The van der Waals surface area contributed by atoms with E-state index in [1.54, 1.807) is 0 Å². The molecule has 0 bridgehead atoms. The van der Waals surface area contributed by atoms with Crippen LogP contribution in [0.3, 0.4) is 0 Å². The summed E-state index contributed by atoms with van der Waals surface area (Å²) in [5.74, 6) is 0.292. The molecule has 0 unspecified atom stereocenters. The van der Waals surface area contributed by atoms with Crippen molar-refractivity contribution in [2.75, 3.05) is 19.8 Å². The number of amides is 1. The molecule has 0 saturated heterocycles. The average Bonchev–Trinajstić information content (AvgIpc) is 2.09. The fraction of sp³-hybridized carbons (Fsp3) is 0.818. The summed E-state index contributed by atoms with van der Waals surface area (Å²) in [6.07, 6.45) is 0.993. The lowest BCUT2D eigenvalue weighted by Crippen LogP contribution is -2.28. The number of carbonyl (C=O) groups is 2. The van der Waals surface area contributed by atoms with E-state index in [1.807, 2.05) is 0 Å². The van der Waals surface area contributed by atoms with E-state index in [-0.39, 0.29) is 18.1 Å². The Labute approximate surface area is 91.4 Å². The van der Waals surface area contributed by atoms with Gasteiger partial charge in [-0.2, -0.15) is 0 Å². The van der Waals surface area contributed by atoms with Crippen LogP contribution in [0.4, 0.5) is 0 Å². The van der Waals surface area contributed by atoms with Gasteiger partial charge in [0.2, 0.25) is 5.91 Å². The van der Waals surface area contributed by atoms with Gasteiger partial charge in [0.15, 0.2) is 0 Å². The zero-order valence-corrected chi connectivity index (χ0v) is 9.84. The van der Waals surface area contributed by atoms with Crippen molar-refractivity contribution in [3.05, 3.63) is 0 Å². The summed E-state index contributed by atoms with van der Waals surface area (Å²) in [6, 6.07) is 0. The molecule has 0 fully saturated rings. The number of hydrogen-bond donors (Lipinski definition) is 1. The van der Waals surface area contributed by atoms with E-state index in [4.69, 9.17) is 4.74 Å². The van der Waals surface area contributed by atoms with Crippen molar-refractivity contribution in [2.45, 2.75) is 33.6 Å². The molecule has 0 aliphatic rings. The second-order valence-corrected chi connectivity index (χ2v) is 4.02. The number of ketones is 1. The van der Waals surface area contributed by atoms with Crippen molar-refractivity contribution >= 4 is 11.7 Å². The van der Waals surface area contributed by atoms with Crippen molar-refractivity contribution in [2.24, 2.45) is 5.92 Å². The molecule has 0 aliphatic carbocycles. The lowest BCUT2D eigenvalue weighted by molar-refractivity contribution is -0.127. The van der Waals surface area contributed by atoms with Crippen molar-refractivity contribution in [3.8, 4) is 0 Å². The quantitative estimate of drug-likeness (QED) is 0.488. The number of carbonyl (C=O) groups excluding carboxylic acids is 2. The van der Waals surface area contributed by atoms with E-state index in [0.717, 1.165) is 13.0 Å². The SMILES string of the molecule is CC(=O)CC(=O)NCCOCCC(C)C. The number of nitrogens with one attached hydrogen (secondary N) is 1. The number of ether oxygens (including phenoxy) is 1.